The molecule has 6 heterocycles. The van der Waals surface area contributed by atoms with Gasteiger partial charge in [-0.15, -0.1) is 22.7 Å². The number of carbonyl (C=O) groups excluding carboxylic acids is 8. The van der Waals surface area contributed by atoms with Crippen molar-refractivity contribution in [3.63, 3.8) is 0 Å². The van der Waals surface area contributed by atoms with Crippen LogP contribution >= 0.6 is 22.7 Å². The number of carbonyl (C=O) groups is 8. The second-order valence-electron chi connectivity index (χ2n) is 22.8. The number of nitrogens with one attached hydrogen (secondary N) is 7. The summed E-state index contributed by atoms with van der Waals surface area (Å²) >= 11 is 2.45. The van der Waals surface area contributed by atoms with Crippen LogP contribution in [0.1, 0.15) is 95.2 Å². The molecule has 43 heteroatoms. The Labute approximate surface area is 565 Å². The highest BCUT2D eigenvalue weighted by molar-refractivity contribution is 7.14. The summed E-state index contributed by atoms with van der Waals surface area (Å²) in [6.45, 7) is 3.32. The highest BCUT2D eigenvalue weighted by Crippen LogP contribution is 2.35. The Morgan fingerprint density at radius 1 is 0.776 bits per heavy atom. The molecule has 0 bridgehead atoms. The minimum Gasteiger partial charge on any atom is -0.441 e. The Bertz CT molecular complexity index is 3380. The Kier molecular flexibility index (Phi) is 29.2. The number of thiazole rings is 2. The lowest BCUT2D eigenvalue weighted by atomic mass is 9.96. The number of nitrogens with zero attached hydrogens (tertiary/aromatic N) is 6. The van der Waals surface area contributed by atoms with Crippen LogP contribution < -0.4 is 72.0 Å². The molecule has 0 spiro atoms. The second-order valence-corrected chi connectivity index (χ2v) is 24.6. The largest absolute Gasteiger partial charge is 0.441 e. The van der Waals surface area contributed by atoms with E-state index in [1.54, 1.807) is 5.38 Å². The van der Waals surface area contributed by atoms with E-state index in [9.17, 15) is 74.4 Å². The fourth-order valence-electron chi connectivity index (χ4n) is 9.98. The van der Waals surface area contributed by atoms with E-state index in [4.69, 9.17) is 63.8 Å². The van der Waals surface area contributed by atoms with Gasteiger partial charge in [-0.05, 0) is 33.6 Å². The van der Waals surface area contributed by atoms with Gasteiger partial charge < -0.3 is 142 Å². The van der Waals surface area contributed by atoms with E-state index in [0.717, 1.165) is 12.5 Å². The van der Waals surface area contributed by atoms with Crippen molar-refractivity contribution >= 4 is 81.9 Å². The molecule has 2 fully saturated rings. The smallest absolute Gasteiger partial charge is 0.404 e. The molecule has 2 aliphatic heterocycles. The van der Waals surface area contributed by atoms with Crippen molar-refractivity contribution in [3.05, 3.63) is 56.9 Å². The average molecular weight is 1430 g/mol. The SMILES string of the molecule is Cc1c(N)nc(C(CC(N)=O)NCC(N)C(N)=O)nc1C(=O)NC(C(=O)NC(C)C(O)C(C)C(=O)NC(C(=O)NCCc1nc(-c2scnc2C(=O)NCCCCN=C(N)N)cs1)C(C)O)C(OC1OC(CO)C(O)C(O)C1OC1OC(CO)C(O)C(OC(N)=O)C1O)c1cnc[nH]1. The molecule has 0 aliphatic carbocycles. The van der Waals surface area contributed by atoms with Crippen molar-refractivity contribution < 1.29 is 103 Å². The fraction of sp³-hybridized carbons (Fsp3) is 0.600. The van der Waals surface area contributed by atoms with Crippen LogP contribution in [0.2, 0.25) is 0 Å². The molecule has 19 unspecified atom stereocenters. The highest BCUT2D eigenvalue weighted by atomic mass is 32.1. The quantitative estimate of drug-likeness (QED) is 0.0114. The zero-order chi connectivity index (χ0) is 72.4. The number of primary amides is 3. The van der Waals surface area contributed by atoms with Gasteiger partial charge in [0.1, 0.15) is 83.9 Å². The molecule has 6 rings (SSSR count). The van der Waals surface area contributed by atoms with Crippen LogP contribution in [-0.4, -0.2) is 261 Å². The number of rotatable bonds is 36. The fourth-order valence-corrected chi connectivity index (χ4v) is 11.6. The average Bonchev–Trinajstić information content (AvgIpc) is 1.02. The van der Waals surface area contributed by atoms with Gasteiger partial charge in [0.2, 0.25) is 29.5 Å². The second kappa shape index (κ2) is 36.5. The van der Waals surface area contributed by atoms with E-state index >= 15 is 4.79 Å². The number of hydrogen-bond donors (Lipinski definition) is 22. The third kappa shape index (κ3) is 20.8. The van der Waals surface area contributed by atoms with E-state index in [0.29, 0.717) is 41.5 Å². The molecule has 4 aromatic rings. The zero-order valence-electron chi connectivity index (χ0n) is 53.3. The first-order valence-electron chi connectivity index (χ1n) is 30.4. The molecule has 542 valence electrons. The van der Waals surface area contributed by atoms with E-state index in [-0.39, 0.29) is 54.1 Å². The van der Waals surface area contributed by atoms with Crippen molar-refractivity contribution in [3.8, 4) is 10.6 Å². The van der Waals surface area contributed by atoms with Crippen LogP contribution in [-0.2, 0) is 54.1 Å². The predicted octanol–water partition coefficient (Wildman–Crippen LogP) is -8.92. The van der Waals surface area contributed by atoms with Gasteiger partial charge in [-0.2, -0.15) is 0 Å². The van der Waals surface area contributed by atoms with Gasteiger partial charge >= 0.3 is 6.09 Å². The highest BCUT2D eigenvalue weighted by Gasteiger charge is 2.54. The number of H-pyrrole nitrogens is 1. The number of nitrogen functional groups attached to an aromatic ring is 1. The van der Waals surface area contributed by atoms with Crippen molar-refractivity contribution in [2.45, 2.75) is 163 Å². The lowest BCUT2D eigenvalue weighted by molar-refractivity contribution is -0.372. The van der Waals surface area contributed by atoms with Gasteiger partial charge in [-0.3, -0.25) is 38.6 Å². The summed E-state index contributed by atoms with van der Waals surface area (Å²) in [4.78, 5) is 135. The number of aliphatic imine (C=N–C) groups is 1. The molecule has 2 aliphatic rings. The van der Waals surface area contributed by atoms with Crippen molar-refractivity contribution in [1.29, 1.82) is 0 Å². The number of aliphatic hydroxyl groups excluding tert-OH is 8. The molecule has 41 nitrogen and oxygen atoms in total. The Morgan fingerprint density at radius 3 is 2.10 bits per heavy atom. The molecule has 2 saturated heterocycles. The summed E-state index contributed by atoms with van der Waals surface area (Å²) < 4.78 is 28.7. The minimum absolute atomic E-state index is 0.0278. The topological polar surface area (TPSA) is 691 Å². The van der Waals surface area contributed by atoms with E-state index in [1.807, 2.05) is 0 Å². The number of imidazole rings is 1. The van der Waals surface area contributed by atoms with Crippen LogP contribution in [0.4, 0.5) is 10.6 Å². The number of nitrogens with two attached hydrogens (primary N) is 7. The molecule has 4 aromatic heterocycles. The summed E-state index contributed by atoms with van der Waals surface area (Å²) in [6.07, 6.45) is -24.0. The molecule has 98 heavy (non-hydrogen) atoms. The number of guanidine groups is 1. The number of amides is 8. The summed E-state index contributed by atoms with van der Waals surface area (Å²) in [5.74, 6) is -8.91. The normalized spacial score (nSPS) is 23.6. The molecule has 0 radical (unpaired) electrons. The number of aliphatic hydroxyl groups is 8. The number of anilines is 1. The van der Waals surface area contributed by atoms with Crippen LogP contribution in [0.5, 0.6) is 0 Å². The molecular weight excluding hydrogens is 1340 g/mol. The van der Waals surface area contributed by atoms with Gasteiger partial charge in [0.25, 0.3) is 11.8 Å². The number of ether oxygens (including phenoxy) is 5. The minimum atomic E-state index is -2.20. The van der Waals surface area contributed by atoms with E-state index in [2.05, 4.69) is 66.8 Å². The van der Waals surface area contributed by atoms with Gasteiger partial charge in [0, 0.05) is 50.0 Å². The third-order valence-electron chi connectivity index (χ3n) is 15.5. The Morgan fingerprint density at radius 2 is 1.47 bits per heavy atom. The van der Waals surface area contributed by atoms with Gasteiger partial charge in [-0.1, -0.05) is 6.92 Å². The molecule has 8 amide bonds. The number of unbranched alkanes of at least 4 members (excludes halogenated alkanes) is 1. The van der Waals surface area contributed by atoms with Gasteiger partial charge in [0.15, 0.2) is 24.6 Å². The van der Waals surface area contributed by atoms with Crippen molar-refractivity contribution in [1.82, 2.24) is 61.8 Å². The Balaban J connectivity index is 1.25. The first-order chi connectivity index (χ1) is 46.4. The van der Waals surface area contributed by atoms with Gasteiger partial charge in [-0.25, -0.2) is 29.7 Å². The molecule has 0 aromatic carbocycles. The van der Waals surface area contributed by atoms with Crippen LogP contribution in [0.25, 0.3) is 10.6 Å². The number of hydrogen-bond acceptors (Lipinski definition) is 32. The predicted molar refractivity (Wildman–Crippen MR) is 340 cm³/mol. The van der Waals surface area contributed by atoms with Crippen LogP contribution in [0, 0.1) is 12.8 Å². The van der Waals surface area contributed by atoms with E-state index < -0.39 is 189 Å². The Hall–Kier alpha value is -8.38. The first kappa shape index (κ1) is 78.6. The molecule has 19 atom stereocenters. The maximum absolute atomic E-state index is 15.2. The molecule has 0 saturated carbocycles. The summed E-state index contributed by atoms with van der Waals surface area (Å²) in [5, 5.41) is 106. The summed E-state index contributed by atoms with van der Waals surface area (Å²) in [7, 11) is 0. The van der Waals surface area contributed by atoms with Crippen LogP contribution in [0.3, 0.4) is 0 Å². The first-order valence-corrected chi connectivity index (χ1v) is 32.1. The molecular formula is C55H84N20O21S2. The van der Waals surface area contributed by atoms with Crippen molar-refractivity contribution in [2.24, 2.45) is 45.3 Å². The monoisotopic (exact) mass is 1420 g/mol. The van der Waals surface area contributed by atoms with Crippen molar-refractivity contribution in [2.75, 3.05) is 45.1 Å². The maximum atomic E-state index is 15.2. The maximum Gasteiger partial charge on any atom is 0.404 e. The lowest BCUT2D eigenvalue weighted by Crippen LogP contribution is -2.65. The number of aromatic nitrogens is 6. The van der Waals surface area contributed by atoms with E-state index in [1.165, 1.54) is 55.9 Å². The number of aromatic amines is 1. The summed E-state index contributed by atoms with van der Waals surface area (Å²) in [6, 6.07) is -7.91. The third-order valence-corrected chi connectivity index (χ3v) is 17.2. The van der Waals surface area contributed by atoms with Crippen LogP contribution in [0.15, 0.2) is 28.4 Å². The standard InChI is InChI=1S/C55H84N20O21S2/c1-19-31(72-46(75-44(19)58)24(11-29(57)79)67-12-23(56)45(59)85)50(89)74-33(40(25-13-63-17-68-25)94-53-42(38(83)36(81)27(14-76)93-53)95-52-39(84)41(96-55(62)91)37(82)28(15-77)92-52)51(90)70-21(3)35(80)20(2)47(86)73-32(22(4)78)48(87)65-10-7-30-71-26(16-97-30)43-34(69-18-98-43)49(88)64-8-5-6-9-66-54(60)61/h13,16-18,20-24,27-28,32-33,35-42,52-53,67,76-78,80-84H,5-12,14-15,56H2,1-4H3,(H2,57,79)(H2,59,85)(H2,62,91)(H,63,68)(H,64,88)(H,65,87)(H,70,90)(H,73,86)(H,74,89)(H2,58,72,75)(H4,60,61,66). The lowest BCUT2D eigenvalue weighted by Gasteiger charge is -2.47. The zero-order valence-corrected chi connectivity index (χ0v) is 54.9. The summed E-state index contributed by atoms with van der Waals surface area (Å²) in [5.41, 5.74) is 40.1. The van der Waals surface area contributed by atoms with Gasteiger partial charge in [0.05, 0.1) is 88.8 Å². The molecule has 29 N–H and O–H groups in total.